The molecule has 0 spiro atoms. The van der Waals surface area contributed by atoms with Crippen molar-refractivity contribution in [2.45, 2.75) is 6.54 Å². The Labute approximate surface area is 171 Å². The van der Waals surface area contributed by atoms with Crippen LogP contribution in [0.2, 0.25) is 10.0 Å². The predicted molar refractivity (Wildman–Crippen MR) is 108 cm³/mol. The number of hydrogen-bond donors (Lipinski definition) is 3. The maximum atomic E-state index is 9.10. The van der Waals surface area contributed by atoms with Gasteiger partial charge in [-0.2, -0.15) is 0 Å². The number of carboxylic acids is 2. The van der Waals surface area contributed by atoms with Gasteiger partial charge in [0, 0.05) is 29.2 Å². The lowest BCUT2D eigenvalue weighted by atomic mass is 10.2. The number of halogens is 2. The second-order valence-electron chi connectivity index (χ2n) is 5.63. The van der Waals surface area contributed by atoms with Gasteiger partial charge in [-0.15, -0.1) is 0 Å². The van der Waals surface area contributed by atoms with Crippen LogP contribution in [0.4, 0.5) is 5.95 Å². The van der Waals surface area contributed by atoms with Crippen molar-refractivity contribution in [2.75, 3.05) is 5.32 Å². The largest absolute Gasteiger partial charge is 0.473 e. The fraction of sp³-hybridized carbons (Fsp3) is 0.105. The van der Waals surface area contributed by atoms with Crippen molar-refractivity contribution >= 4 is 41.1 Å². The van der Waals surface area contributed by atoms with E-state index in [1.54, 1.807) is 0 Å². The SMILES string of the molecule is Cn1c(-c2cccc(Cl)c2)cnc1NCc1cccc(Cl)c1.O=C(O)C(=O)O. The Morgan fingerprint density at radius 2 is 1.64 bits per heavy atom. The van der Waals surface area contributed by atoms with E-state index in [0.717, 1.165) is 27.8 Å². The molecule has 0 aliphatic rings. The van der Waals surface area contributed by atoms with E-state index < -0.39 is 11.9 Å². The molecule has 146 valence electrons. The van der Waals surface area contributed by atoms with Crippen LogP contribution in [0.5, 0.6) is 0 Å². The number of aliphatic carboxylic acids is 2. The Morgan fingerprint density at radius 3 is 2.21 bits per heavy atom. The number of carbonyl (C=O) groups is 2. The summed E-state index contributed by atoms with van der Waals surface area (Å²) in [5.74, 6) is -2.85. The van der Waals surface area contributed by atoms with E-state index in [0.29, 0.717) is 11.6 Å². The first-order valence-electron chi connectivity index (χ1n) is 8.00. The van der Waals surface area contributed by atoms with Crippen LogP contribution in [0.3, 0.4) is 0 Å². The first-order chi connectivity index (χ1) is 13.3. The van der Waals surface area contributed by atoms with Gasteiger partial charge in [-0.25, -0.2) is 14.6 Å². The molecule has 0 aliphatic heterocycles. The predicted octanol–water partition coefficient (Wildman–Crippen LogP) is 4.16. The average Bonchev–Trinajstić information content (AvgIpc) is 3.01. The van der Waals surface area contributed by atoms with Crippen molar-refractivity contribution in [2.24, 2.45) is 7.05 Å². The molecule has 3 aromatic rings. The zero-order valence-corrected chi connectivity index (χ0v) is 16.3. The van der Waals surface area contributed by atoms with Crippen LogP contribution < -0.4 is 5.32 Å². The Hall–Kier alpha value is -3.03. The third kappa shape index (κ3) is 6.00. The molecule has 1 heterocycles. The van der Waals surface area contributed by atoms with Gasteiger partial charge in [0.1, 0.15) is 0 Å². The quantitative estimate of drug-likeness (QED) is 0.546. The van der Waals surface area contributed by atoms with Crippen LogP contribution >= 0.6 is 23.2 Å². The first-order valence-corrected chi connectivity index (χ1v) is 8.75. The zero-order valence-electron chi connectivity index (χ0n) is 14.8. The normalized spacial score (nSPS) is 9.96. The smallest absolute Gasteiger partial charge is 0.414 e. The van der Waals surface area contributed by atoms with Crippen LogP contribution in [0, 0.1) is 0 Å². The second kappa shape index (κ2) is 9.77. The number of aromatic nitrogens is 2. The molecule has 2 aromatic carbocycles. The van der Waals surface area contributed by atoms with Crippen molar-refractivity contribution in [3.63, 3.8) is 0 Å². The summed E-state index contributed by atoms with van der Waals surface area (Å²) in [6.45, 7) is 0.667. The zero-order chi connectivity index (χ0) is 20.7. The van der Waals surface area contributed by atoms with Gasteiger partial charge in [-0.05, 0) is 29.8 Å². The molecule has 0 unspecified atom stereocenters. The number of hydrogen-bond acceptors (Lipinski definition) is 4. The molecule has 0 fully saturated rings. The highest BCUT2D eigenvalue weighted by molar-refractivity contribution is 6.31. The van der Waals surface area contributed by atoms with Gasteiger partial charge >= 0.3 is 11.9 Å². The van der Waals surface area contributed by atoms with Gasteiger partial charge in [-0.1, -0.05) is 47.5 Å². The molecule has 0 atom stereocenters. The number of nitrogens with one attached hydrogen (secondary N) is 1. The standard InChI is InChI=1S/C17H15Cl2N3.C2H2O4/c1-22-16(13-5-3-7-15(19)9-13)11-21-17(22)20-10-12-4-2-6-14(18)8-12;3-1(4)2(5)6/h2-9,11H,10H2,1H3,(H,20,21);(H,3,4)(H,5,6). The molecule has 3 rings (SSSR count). The second-order valence-corrected chi connectivity index (χ2v) is 6.50. The van der Waals surface area contributed by atoms with E-state index in [4.69, 9.17) is 43.0 Å². The van der Waals surface area contributed by atoms with Gasteiger partial charge in [-0.3, -0.25) is 0 Å². The minimum absolute atomic E-state index is 0.667. The van der Waals surface area contributed by atoms with E-state index in [1.165, 1.54) is 0 Å². The molecule has 3 N–H and O–H groups in total. The molecule has 1 aromatic heterocycles. The molecule has 7 nitrogen and oxygen atoms in total. The highest BCUT2D eigenvalue weighted by Gasteiger charge is 2.08. The fourth-order valence-electron chi connectivity index (χ4n) is 2.32. The van der Waals surface area contributed by atoms with Gasteiger partial charge in [0.2, 0.25) is 5.95 Å². The Bertz CT molecular complexity index is 977. The highest BCUT2D eigenvalue weighted by atomic mass is 35.5. The lowest BCUT2D eigenvalue weighted by Gasteiger charge is -2.09. The molecular formula is C19H17Cl2N3O4. The van der Waals surface area contributed by atoms with Gasteiger partial charge in [0.25, 0.3) is 0 Å². The van der Waals surface area contributed by atoms with Gasteiger partial charge in [0.15, 0.2) is 0 Å². The van der Waals surface area contributed by atoms with Crippen molar-refractivity contribution < 1.29 is 19.8 Å². The minimum atomic E-state index is -1.82. The number of carboxylic acid groups (broad SMARTS) is 2. The summed E-state index contributed by atoms with van der Waals surface area (Å²) in [6.07, 6.45) is 1.84. The summed E-state index contributed by atoms with van der Waals surface area (Å²) < 4.78 is 2.01. The van der Waals surface area contributed by atoms with Crippen molar-refractivity contribution in [1.29, 1.82) is 0 Å². The lowest BCUT2D eigenvalue weighted by Crippen LogP contribution is -2.09. The van der Waals surface area contributed by atoms with Crippen LogP contribution in [-0.2, 0) is 23.2 Å². The molecule has 0 radical (unpaired) electrons. The van der Waals surface area contributed by atoms with E-state index in [9.17, 15) is 0 Å². The van der Waals surface area contributed by atoms with Crippen LogP contribution in [-0.4, -0.2) is 31.7 Å². The number of imidazole rings is 1. The highest BCUT2D eigenvalue weighted by Crippen LogP contribution is 2.24. The Kier molecular flexibility index (Phi) is 7.43. The summed E-state index contributed by atoms with van der Waals surface area (Å²) >= 11 is 12.0. The van der Waals surface area contributed by atoms with E-state index >= 15 is 0 Å². The topological polar surface area (TPSA) is 104 Å². The Balaban J connectivity index is 0.000000409. The third-order valence-corrected chi connectivity index (χ3v) is 4.10. The Morgan fingerprint density at radius 1 is 1.04 bits per heavy atom. The van der Waals surface area contributed by atoms with Crippen LogP contribution in [0.25, 0.3) is 11.3 Å². The molecule has 0 bridgehead atoms. The maximum absolute atomic E-state index is 9.10. The maximum Gasteiger partial charge on any atom is 0.414 e. The van der Waals surface area contributed by atoms with Gasteiger partial charge in [0.05, 0.1) is 11.9 Å². The van der Waals surface area contributed by atoms with Crippen LogP contribution in [0.1, 0.15) is 5.56 Å². The number of benzene rings is 2. The minimum Gasteiger partial charge on any atom is -0.473 e. The van der Waals surface area contributed by atoms with Crippen molar-refractivity contribution in [1.82, 2.24) is 9.55 Å². The summed E-state index contributed by atoms with van der Waals surface area (Å²) in [4.78, 5) is 22.6. The molecule has 28 heavy (non-hydrogen) atoms. The number of rotatable bonds is 4. The van der Waals surface area contributed by atoms with E-state index in [2.05, 4.69) is 10.3 Å². The number of anilines is 1. The molecular weight excluding hydrogens is 405 g/mol. The summed E-state index contributed by atoms with van der Waals surface area (Å²) in [6, 6.07) is 15.5. The third-order valence-electron chi connectivity index (χ3n) is 3.63. The summed E-state index contributed by atoms with van der Waals surface area (Å²) in [5.41, 5.74) is 3.16. The van der Waals surface area contributed by atoms with E-state index in [-0.39, 0.29) is 0 Å². The first kappa shape index (κ1) is 21.3. The average molecular weight is 422 g/mol. The molecule has 0 saturated carbocycles. The summed E-state index contributed by atoms with van der Waals surface area (Å²) in [7, 11) is 1.98. The molecule has 0 saturated heterocycles. The van der Waals surface area contributed by atoms with E-state index in [1.807, 2.05) is 66.3 Å². The lowest BCUT2D eigenvalue weighted by molar-refractivity contribution is -0.159. The fourth-order valence-corrected chi connectivity index (χ4v) is 2.72. The van der Waals surface area contributed by atoms with Crippen LogP contribution in [0.15, 0.2) is 54.7 Å². The van der Waals surface area contributed by atoms with Gasteiger partial charge < -0.3 is 20.1 Å². The molecule has 0 aliphatic carbocycles. The molecule has 9 heteroatoms. The van der Waals surface area contributed by atoms with Crippen molar-refractivity contribution in [3.05, 3.63) is 70.3 Å². The van der Waals surface area contributed by atoms with Crippen molar-refractivity contribution in [3.8, 4) is 11.3 Å². The summed E-state index contributed by atoms with van der Waals surface area (Å²) in [5, 5.41) is 19.6. The molecule has 0 amide bonds. The number of nitrogens with zero attached hydrogens (tertiary/aromatic N) is 2. The monoisotopic (exact) mass is 421 g/mol.